The molecular weight excluding hydrogens is 1160 g/mol. The van der Waals surface area contributed by atoms with Crippen LogP contribution in [0.2, 0.25) is 0 Å². The number of thioether (sulfide) groups is 2. The van der Waals surface area contributed by atoms with Gasteiger partial charge in [-0.2, -0.15) is 16.8 Å². The van der Waals surface area contributed by atoms with Gasteiger partial charge >= 0.3 is 18.0 Å². The van der Waals surface area contributed by atoms with Gasteiger partial charge in [0.25, 0.3) is 20.4 Å². The van der Waals surface area contributed by atoms with Crippen molar-refractivity contribution < 1.29 is 65.6 Å². The molecule has 6 aliphatic rings. The minimum absolute atomic E-state index is 0.00510. The lowest BCUT2D eigenvalue weighted by molar-refractivity contribution is -0.164. The van der Waals surface area contributed by atoms with Crippen LogP contribution < -0.4 is 25.0 Å². The lowest BCUT2D eigenvalue weighted by atomic mass is 9.79. The zero-order valence-corrected chi connectivity index (χ0v) is 43.5. The monoisotopic (exact) mass is 1220 g/mol. The van der Waals surface area contributed by atoms with Crippen molar-refractivity contribution in [3.63, 3.8) is 0 Å². The molecule has 0 aliphatic carbocycles. The summed E-state index contributed by atoms with van der Waals surface area (Å²) in [4.78, 5) is 67.8. The molecule has 0 aromatic carbocycles. The first-order valence-electron chi connectivity index (χ1n) is 20.2. The quantitative estimate of drug-likeness (QED) is 0.0395. The first kappa shape index (κ1) is 55.5. The number of aliphatic carboxylic acids is 1. The molecule has 366 valence electrons. The summed E-state index contributed by atoms with van der Waals surface area (Å²) in [6.45, 7) is 14.7. The number of nitrogens with one attached hydrogen (secondary N) is 3. The van der Waals surface area contributed by atoms with E-state index in [1.165, 1.54) is 50.4 Å². The van der Waals surface area contributed by atoms with E-state index in [0.717, 1.165) is 0 Å². The summed E-state index contributed by atoms with van der Waals surface area (Å²) in [6.07, 6.45) is 1.50. The van der Waals surface area contributed by atoms with E-state index in [9.17, 15) is 56.1 Å². The van der Waals surface area contributed by atoms with Gasteiger partial charge in [0.05, 0.1) is 36.1 Å². The van der Waals surface area contributed by atoms with Crippen molar-refractivity contribution in [1.82, 2.24) is 29.5 Å². The molecule has 0 bridgehead atoms. The molecule has 0 radical (unpaired) electrons. The Morgan fingerprint density at radius 1 is 0.846 bits per heavy atom. The van der Waals surface area contributed by atoms with Crippen molar-refractivity contribution in [3.05, 3.63) is 46.5 Å². The predicted octanol–water partition coefficient (Wildman–Crippen LogP) is 0.245. The molecule has 12 atom stereocenters. The van der Waals surface area contributed by atoms with Crippen molar-refractivity contribution in [2.45, 2.75) is 87.4 Å². The molecule has 6 heterocycles. The summed E-state index contributed by atoms with van der Waals surface area (Å²) in [5.41, 5.74) is 0.138. The summed E-state index contributed by atoms with van der Waals surface area (Å²) in [7, 11) is -7.74. The molecule has 4 fully saturated rings. The molecule has 65 heavy (non-hydrogen) atoms. The van der Waals surface area contributed by atoms with Crippen LogP contribution in [0.4, 0.5) is 4.79 Å². The number of carboxylic acids is 1. The van der Waals surface area contributed by atoms with E-state index in [1.807, 2.05) is 13.8 Å². The molecule has 10 N–H and O–H groups in total. The third-order valence-electron chi connectivity index (χ3n) is 11.7. The summed E-state index contributed by atoms with van der Waals surface area (Å²) < 4.78 is 59.7. The van der Waals surface area contributed by atoms with Crippen LogP contribution in [0.3, 0.4) is 0 Å². The molecule has 0 aromatic rings. The lowest BCUT2D eigenvalue weighted by Gasteiger charge is -2.46. The average molecular weight is 1220 g/mol. The van der Waals surface area contributed by atoms with Crippen molar-refractivity contribution in [2.75, 3.05) is 39.4 Å². The third-order valence-corrected chi connectivity index (χ3v) is 15.8. The number of rotatable bonds is 18. The predicted molar refractivity (Wildman–Crippen MR) is 259 cm³/mol. The number of hydrogen-bond donors (Lipinski definition) is 8. The number of nitrogens with zero attached hydrogens (tertiary/aromatic N) is 3. The van der Waals surface area contributed by atoms with Gasteiger partial charge in [0.1, 0.15) is 24.6 Å². The van der Waals surface area contributed by atoms with E-state index in [2.05, 4.69) is 65.2 Å². The second kappa shape index (κ2) is 23.5. The third kappa shape index (κ3) is 13.0. The molecule has 3 amide bonds. The first-order valence-corrected chi connectivity index (χ1v) is 31.4. The van der Waals surface area contributed by atoms with Crippen LogP contribution in [0.15, 0.2) is 46.5 Å². The number of aliphatic hydroxyl groups is 2. The van der Waals surface area contributed by atoms with E-state index < -0.39 is 68.5 Å². The highest BCUT2D eigenvalue weighted by Gasteiger charge is 2.62. The normalized spacial score (nSPS) is 30.2. The van der Waals surface area contributed by atoms with Gasteiger partial charge in [-0.3, -0.25) is 9.59 Å². The Kier molecular flexibility index (Phi) is 20.0. The van der Waals surface area contributed by atoms with E-state index in [1.54, 1.807) is 13.8 Å². The molecular formula is C37H56I2N8O14S4. The maximum absolute atomic E-state index is 12.9. The fraction of sp³-hybridized carbons (Fsp3) is 0.649. The number of nitrogens with two attached hydrogens (primary N) is 2. The number of carbonyl (C=O) groups is 5. The molecule has 6 rings (SSSR count). The van der Waals surface area contributed by atoms with E-state index in [0.29, 0.717) is 29.2 Å². The number of β-lactam (4-membered cyclic amide) rings is 2. The van der Waals surface area contributed by atoms with Gasteiger partial charge in [-0.05, 0) is 26.7 Å². The number of esters is 1. The SMILES string of the molecule is C=CCOC(=O)C1=C(S[C@H]2C[C@@H](CNS(N)(=O)=O)N(C(=O)OCC=C)C2)[C@H](C)[C@@H]2[C@@H]([C@@H](C)O)C(=O)N12.C[C@@H](O)[C@H]1C(=O)N2C(C(=O)O)=C(S[C@@H]3CN[C@H](CNS(N)(=O)=O)C3)[C@H](C)[C@H]12.II. The Morgan fingerprint density at radius 2 is 1.32 bits per heavy atom. The summed E-state index contributed by atoms with van der Waals surface area (Å²) in [5.74, 6) is -4.18. The fourth-order valence-electron chi connectivity index (χ4n) is 8.96. The van der Waals surface area contributed by atoms with Crippen molar-refractivity contribution >= 4 is 111 Å². The van der Waals surface area contributed by atoms with Crippen LogP contribution in [-0.2, 0) is 49.1 Å². The Morgan fingerprint density at radius 3 is 1.82 bits per heavy atom. The largest absolute Gasteiger partial charge is 0.477 e. The second-order valence-electron chi connectivity index (χ2n) is 16.1. The van der Waals surface area contributed by atoms with Crippen LogP contribution in [0.25, 0.3) is 0 Å². The Hall–Kier alpha value is -2.11. The van der Waals surface area contributed by atoms with Crippen LogP contribution in [0.1, 0.15) is 40.5 Å². The number of halogens is 2. The summed E-state index contributed by atoms with van der Waals surface area (Å²) in [6, 6.07) is -1.37. The van der Waals surface area contributed by atoms with Gasteiger partial charge in [0, 0.05) is 108 Å². The lowest BCUT2D eigenvalue weighted by Crippen LogP contribution is -2.63. The number of amides is 3. The number of fused-ring (bicyclic) bond motifs is 2. The number of hydrogen-bond acceptors (Lipinski definition) is 16. The van der Waals surface area contributed by atoms with Gasteiger partial charge in [-0.1, -0.05) is 39.2 Å². The number of carboxylic acid groups (broad SMARTS) is 1. The first-order chi connectivity index (χ1) is 30.4. The van der Waals surface area contributed by atoms with Crippen LogP contribution in [0, 0.1) is 23.7 Å². The highest BCUT2D eigenvalue weighted by atomic mass is 128. The summed E-state index contributed by atoms with van der Waals surface area (Å²) in [5, 5.41) is 42.6. The zero-order valence-electron chi connectivity index (χ0n) is 35.9. The highest BCUT2D eigenvalue weighted by molar-refractivity contribution is 15.0. The standard InChI is InChI=1S/C22H32N4O8S2.C15H24N4O6S2.I2/c1-5-7-33-21(29)18-19(12(3)17-16(13(4)27)20(28)26(17)18)35-15-9-14(10-24-36(23,31)32)25(11-15)22(30)34-8-6-2;1-6-11-10(7(2)20)14(21)19(11)12(15(22)23)13(6)26-9-3-8(17-5-9)4-18-27(16,24)25;1-2/h5-6,12-17,24,27H,1-2,7-11H2,3-4H3,(H2,23,31,32);6-11,17-18,20H,3-5H2,1-2H3,(H,22,23)(H2,16,24,25);/t12-,13-,14+,15+,16-,17-;6-,7-,8+,9+,10-,11-;/m11./s1. The molecule has 28 heteroatoms. The molecule has 0 spiro atoms. The topological polar surface area (TPSA) is 331 Å². The van der Waals surface area contributed by atoms with Crippen molar-refractivity contribution in [3.8, 4) is 0 Å². The Labute approximate surface area is 410 Å². The van der Waals surface area contributed by atoms with Gasteiger partial charge in [-0.15, -0.1) is 23.5 Å². The van der Waals surface area contributed by atoms with Gasteiger partial charge in [0.15, 0.2) is 0 Å². The number of ether oxygens (including phenoxy) is 2. The fourth-order valence-corrected chi connectivity index (χ4v) is 12.9. The second-order valence-corrected chi connectivity index (χ2v) is 21.6. The highest BCUT2D eigenvalue weighted by Crippen LogP contribution is 2.53. The van der Waals surface area contributed by atoms with Crippen LogP contribution in [0.5, 0.6) is 0 Å². The number of aliphatic hydroxyl groups excluding tert-OH is 2. The van der Waals surface area contributed by atoms with Gasteiger partial charge in [0.2, 0.25) is 11.8 Å². The number of carbonyl (C=O) groups excluding carboxylic acids is 4. The van der Waals surface area contributed by atoms with Gasteiger partial charge < -0.3 is 44.8 Å². The Bertz CT molecular complexity index is 2150. The number of likely N-dealkylation sites (tertiary alicyclic amines) is 1. The molecule has 0 aromatic heterocycles. The van der Waals surface area contributed by atoms with Crippen LogP contribution in [-0.4, -0.2) is 163 Å². The molecule has 6 aliphatic heterocycles. The summed E-state index contributed by atoms with van der Waals surface area (Å²) >= 11 is 6.99. The maximum Gasteiger partial charge on any atom is 0.410 e. The van der Waals surface area contributed by atoms with E-state index in [4.69, 9.17) is 19.8 Å². The Balaban J connectivity index is 0.000000284. The average Bonchev–Trinajstić information content (AvgIpc) is 3.97. The molecule has 4 saturated heterocycles. The zero-order chi connectivity index (χ0) is 48.9. The molecule has 22 nitrogen and oxygen atoms in total. The minimum Gasteiger partial charge on any atom is -0.477 e. The maximum atomic E-state index is 12.9. The van der Waals surface area contributed by atoms with Crippen molar-refractivity contribution in [1.29, 1.82) is 0 Å². The van der Waals surface area contributed by atoms with Gasteiger partial charge in [-0.25, -0.2) is 34.1 Å². The smallest absolute Gasteiger partial charge is 0.410 e. The minimum atomic E-state index is -3.98. The van der Waals surface area contributed by atoms with E-state index in [-0.39, 0.29) is 96.5 Å². The van der Waals surface area contributed by atoms with E-state index >= 15 is 0 Å². The molecule has 0 saturated carbocycles. The van der Waals surface area contributed by atoms with Crippen LogP contribution >= 0.6 is 60.8 Å². The van der Waals surface area contributed by atoms with Crippen molar-refractivity contribution in [2.24, 2.45) is 33.9 Å². The molecule has 0 unspecified atom stereocenters.